The molecule has 0 spiro atoms. The fourth-order valence-electron chi connectivity index (χ4n) is 4.84. The van der Waals surface area contributed by atoms with Crippen molar-refractivity contribution < 1.29 is 14.3 Å². The second-order valence-corrected chi connectivity index (χ2v) is 9.42. The van der Waals surface area contributed by atoms with Crippen molar-refractivity contribution in [1.29, 1.82) is 0 Å². The Morgan fingerprint density at radius 1 is 1.14 bits per heavy atom. The molecule has 5 rings (SSSR count). The van der Waals surface area contributed by atoms with E-state index in [0.29, 0.717) is 47.2 Å². The van der Waals surface area contributed by atoms with Gasteiger partial charge in [0.2, 0.25) is 5.88 Å². The number of halogens is 1. The monoisotopic (exact) mass is 506 g/mol. The van der Waals surface area contributed by atoms with Crippen LogP contribution in [0.4, 0.5) is 0 Å². The molecule has 36 heavy (non-hydrogen) atoms. The number of nitrogens with zero attached hydrogens (tertiary/aromatic N) is 5. The third-order valence-electron chi connectivity index (χ3n) is 6.77. The number of aromatic nitrogens is 4. The van der Waals surface area contributed by atoms with Crippen LogP contribution < -0.4 is 10.1 Å². The number of fused-ring (bicyclic) bond motifs is 1. The molecule has 4 aromatic rings. The lowest BCUT2D eigenvalue weighted by atomic mass is 9.85. The van der Waals surface area contributed by atoms with E-state index in [9.17, 15) is 9.59 Å². The van der Waals surface area contributed by atoms with Crippen molar-refractivity contribution in [3.05, 3.63) is 76.7 Å². The van der Waals surface area contributed by atoms with Crippen LogP contribution in [-0.2, 0) is 14.1 Å². The van der Waals surface area contributed by atoms with E-state index in [4.69, 9.17) is 16.3 Å². The van der Waals surface area contributed by atoms with Crippen LogP contribution >= 0.6 is 11.6 Å². The smallest absolute Gasteiger partial charge is 0.269 e. The lowest BCUT2D eigenvalue weighted by molar-refractivity contribution is 0.0671. The maximum absolute atomic E-state index is 13.6. The SMILES string of the molecule is COc1cc(C(=O)N[C@@H]2CCN(C(=O)c3cc(Cl)c4ncn(C)c4c3)C[C@@H]2c2ccccc2)n(C)n1. The third kappa shape index (κ3) is 4.42. The van der Waals surface area contributed by atoms with Crippen molar-refractivity contribution >= 4 is 34.4 Å². The Labute approximate surface area is 213 Å². The highest BCUT2D eigenvalue weighted by Crippen LogP contribution is 2.30. The van der Waals surface area contributed by atoms with Gasteiger partial charge >= 0.3 is 0 Å². The van der Waals surface area contributed by atoms with Crippen LogP contribution in [-0.4, -0.2) is 62.3 Å². The number of hydrogen-bond acceptors (Lipinski definition) is 5. The van der Waals surface area contributed by atoms with Gasteiger partial charge in [-0.3, -0.25) is 14.3 Å². The number of aryl methyl sites for hydroxylation is 2. The van der Waals surface area contributed by atoms with Crippen LogP contribution in [0.3, 0.4) is 0 Å². The van der Waals surface area contributed by atoms with Crippen molar-refractivity contribution in [2.24, 2.45) is 14.1 Å². The molecule has 1 saturated heterocycles. The summed E-state index contributed by atoms with van der Waals surface area (Å²) in [5, 5.41) is 7.81. The molecule has 1 N–H and O–H groups in total. The summed E-state index contributed by atoms with van der Waals surface area (Å²) in [5.41, 5.74) is 3.47. The van der Waals surface area contributed by atoms with Crippen LogP contribution in [0.1, 0.15) is 38.7 Å². The third-order valence-corrected chi connectivity index (χ3v) is 7.06. The van der Waals surface area contributed by atoms with Crippen molar-refractivity contribution in [3.8, 4) is 5.88 Å². The summed E-state index contributed by atoms with van der Waals surface area (Å²) in [6.07, 6.45) is 2.29. The molecule has 3 heterocycles. The predicted octanol–water partition coefficient (Wildman–Crippen LogP) is 3.40. The van der Waals surface area contributed by atoms with Crippen LogP contribution in [0.25, 0.3) is 11.0 Å². The average Bonchev–Trinajstić information content (AvgIpc) is 3.46. The van der Waals surface area contributed by atoms with Gasteiger partial charge in [0, 0.05) is 50.8 Å². The summed E-state index contributed by atoms with van der Waals surface area (Å²) in [6, 6.07) is 14.9. The number of likely N-dealkylation sites (tertiary alicyclic amines) is 1. The molecule has 0 saturated carbocycles. The summed E-state index contributed by atoms with van der Waals surface area (Å²) >= 11 is 6.44. The number of benzene rings is 2. The Hall–Kier alpha value is -3.85. The van der Waals surface area contributed by atoms with E-state index in [1.807, 2.05) is 52.9 Å². The minimum Gasteiger partial charge on any atom is -0.480 e. The van der Waals surface area contributed by atoms with Crippen molar-refractivity contribution in [2.75, 3.05) is 20.2 Å². The van der Waals surface area contributed by atoms with Gasteiger partial charge < -0.3 is 19.5 Å². The highest BCUT2D eigenvalue weighted by Gasteiger charge is 2.34. The molecule has 2 aromatic carbocycles. The summed E-state index contributed by atoms with van der Waals surface area (Å²) in [6.45, 7) is 0.965. The Morgan fingerprint density at radius 2 is 1.92 bits per heavy atom. The number of amides is 2. The fourth-order valence-corrected chi connectivity index (χ4v) is 5.10. The highest BCUT2D eigenvalue weighted by molar-refractivity contribution is 6.35. The quantitative estimate of drug-likeness (QED) is 0.448. The number of hydrogen-bond donors (Lipinski definition) is 1. The first-order valence-electron chi connectivity index (χ1n) is 11.7. The number of carbonyl (C=O) groups excluding carboxylic acids is 2. The number of imidazole rings is 1. The van der Waals surface area contributed by atoms with Gasteiger partial charge in [0.25, 0.3) is 11.8 Å². The Balaban J connectivity index is 1.40. The number of ether oxygens (including phenoxy) is 1. The Kier molecular flexibility index (Phi) is 6.40. The number of carbonyl (C=O) groups is 2. The molecule has 2 atom stereocenters. The highest BCUT2D eigenvalue weighted by atomic mass is 35.5. The summed E-state index contributed by atoms with van der Waals surface area (Å²) < 4.78 is 8.50. The number of rotatable bonds is 5. The van der Waals surface area contributed by atoms with E-state index in [2.05, 4.69) is 15.4 Å². The maximum atomic E-state index is 13.6. The first kappa shape index (κ1) is 23.9. The van der Waals surface area contributed by atoms with Crippen molar-refractivity contribution in [2.45, 2.75) is 18.4 Å². The summed E-state index contributed by atoms with van der Waals surface area (Å²) in [5.74, 6) is -0.0277. The maximum Gasteiger partial charge on any atom is 0.269 e. The second-order valence-electron chi connectivity index (χ2n) is 9.01. The minimum absolute atomic E-state index is 0.0844. The topological polar surface area (TPSA) is 94.3 Å². The second kappa shape index (κ2) is 9.66. The van der Waals surface area contributed by atoms with Gasteiger partial charge in [-0.25, -0.2) is 4.98 Å². The molecular formula is C26H27ClN6O3. The van der Waals surface area contributed by atoms with E-state index >= 15 is 0 Å². The number of methoxy groups -OCH3 is 1. The van der Waals surface area contributed by atoms with E-state index < -0.39 is 0 Å². The lowest BCUT2D eigenvalue weighted by Crippen LogP contribution is -2.51. The van der Waals surface area contributed by atoms with E-state index in [0.717, 1.165) is 11.1 Å². The zero-order valence-electron chi connectivity index (χ0n) is 20.3. The van der Waals surface area contributed by atoms with Gasteiger partial charge in [0.05, 0.1) is 24.0 Å². The average molecular weight is 507 g/mol. The first-order valence-corrected chi connectivity index (χ1v) is 12.1. The van der Waals surface area contributed by atoms with Crippen molar-refractivity contribution in [1.82, 2.24) is 29.5 Å². The molecule has 0 aliphatic carbocycles. The van der Waals surface area contributed by atoms with Crippen LogP contribution in [0.2, 0.25) is 5.02 Å². The Morgan fingerprint density at radius 3 is 2.64 bits per heavy atom. The molecule has 2 aromatic heterocycles. The molecule has 0 unspecified atom stereocenters. The van der Waals surface area contributed by atoms with Crippen LogP contribution in [0.15, 0.2) is 54.9 Å². The van der Waals surface area contributed by atoms with Gasteiger partial charge in [-0.15, -0.1) is 5.10 Å². The first-order chi connectivity index (χ1) is 17.4. The number of nitrogens with one attached hydrogen (secondary N) is 1. The standard InChI is InChI=1S/C26H27ClN6O3/c1-31-15-28-24-19(27)11-17(12-21(24)31)26(35)33-10-9-20(18(14-33)16-7-5-4-6-8-16)29-25(34)22-13-23(36-3)30-32(22)2/h4-8,11-13,15,18,20H,9-10,14H2,1-3H3,(H,29,34)/t18-,20-/m1/s1. The van der Waals surface area contributed by atoms with E-state index in [-0.39, 0.29) is 23.8 Å². The van der Waals surface area contributed by atoms with Crippen LogP contribution in [0, 0.1) is 0 Å². The summed E-state index contributed by atoms with van der Waals surface area (Å²) in [7, 11) is 5.09. The van der Waals surface area contributed by atoms with Gasteiger partial charge in [-0.05, 0) is 24.1 Å². The molecular weight excluding hydrogens is 480 g/mol. The molecule has 186 valence electrons. The fraction of sp³-hybridized carbons (Fsp3) is 0.308. The number of piperidine rings is 1. The molecule has 1 fully saturated rings. The van der Waals surface area contributed by atoms with Crippen molar-refractivity contribution in [3.63, 3.8) is 0 Å². The molecule has 0 bridgehead atoms. The van der Waals surface area contributed by atoms with E-state index in [1.54, 1.807) is 25.5 Å². The molecule has 1 aliphatic rings. The molecule has 9 nitrogen and oxygen atoms in total. The van der Waals surface area contributed by atoms with Gasteiger partial charge in [-0.1, -0.05) is 41.9 Å². The normalized spacial score (nSPS) is 17.8. The van der Waals surface area contributed by atoms with Crippen LogP contribution in [0.5, 0.6) is 5.88 Å². The zero-order chi connectivity index (χ0) is 25.4. The minimum atomic E-state index is -0.229. The van der Waals surface area contributed by atoms with Gasteiger partial charge in [0.15, 0.2) is 0 Å². The summed E-state index contributed by atoms with van der Waals surface area (Å²) in [4.78, 5) is 32.8. The molecule has 2 amide bonds. The van der Waals surface area contributed by atoms with Gasteiger partial charge in [-0.2, -0.15) is 0 Å². The molecule has 1 aliphatic heterocycles. The predicted molar refractivity (Wildman–Crippen MR) is 136 cm³/mol. The Bertz CT molecular complexity index is 1430. The molecule has 0 radical (unpaired) electrons. The molecule has 10 heteroatoms. The zero-order valence-corrected chi connectivity index (χ0v) is 21.1. The van der Waals surface area contributed by atoms with Gasteiger partial charge in [0.1, 0.15) is 11.2 Å². The largest absolute Gasteiger partial charge is 0.480 e. The lowest BCUT2D eigenvalue weighted by Gasteiger charge is -2.39. The van der Waals surface area contributed by atoms with E-state index in [1.165, 1.54) is 11.8 Å².